The summed E-state index contributed by atoms with van der Waals surface area (Å²) in [5.74, 6) is 0.570. The number of fused-ring (bicyclic) bond motifs is 1. The number of aryl methyl sites for hydroxylation is 2. The van der Waals surface area contributed by atoms with Crippen molar-refractivity contribution in [1.29, 1.82) is 0 Å². The Morgan fingerprint density at radius 2 is 2.27 bits per heavy atom. The van der Waals surface area contributed by atoms with Gasteiger partial charge in [0.2, 0.25) is 5.78 Å². The van der Waals surface area contributed by atoms with E-state index in [0.29, 0.717) is 17.2 Å². The quantitative estimate of drug-likeness (QED) is 0.784. The highest BCUT2D eigenvalue weighted by atomic mass is 32.1. The Morgan fingerprint density at radius 3 is 3.09 bits per heavy atom. The number of thiazole rings is 1. The predicted molar refractivity (Wildman–Crippen MR) is 85.0 cm³/mol. The van der Waals surface area contributed by atoms with Crippen molar-refractivity contribution in [1.82, 2.24) is 24.7 Å². The lowest BCUT2D eigenvalue weighted by Crippen LogP contribution is -2.22. The van der Waals surface area contributed by atoms with Gasteiger partial charge in [-0.15, -0.1) is 11.3 Å². The van der Waals surface area contributed by atoms with Crippen LogP contribution in [0.4, 0.5) is 0 Å². The largest absolute Gasteiger partial charge is 0.347 e. The standard InChI is InChI=1S/C15H17N5OS/c1-3-4-12-19-10(2)13(22-12)14(21)17-7-11-8-18-15-16-5-6-20(15)9-11/h5-6,8-9H,3-4,7H2,1-2H3,(H,17,21). The minimum absolute atomic E-state index is 0.0805. The molecule has 0 aliphatic carbocycles. The fourth-order valence-electron chi connectivity index (χ4n) is 2.20. The smallest absolute Gasteiger partial charge is 0.263 e. The number of imidazole rings is 1. The van der Waals surface area contributed by atoms with E-state index in [-0.39, 0.29) is 5.91 Å². The molecule has 0 aliphatic rings. The summed E-state index contributed by atoms with van der Waals surface area (Å²) < 4.78 is 1.83. The van der Waals surface area contributed by atoms with E-state index in [1.807, 2.05) is 23.7 Å². The summed E-state index contributed by atoms with van der Waals surface area (Å²) in [6.45, 7) is 4.42. The first-order chi connectivity index (χ1) is 10.7. The monoisotopic (exact) mass is 315 g/mol. The Balaban J connectivity index is 1.68. The highest BCUT2D eigenvalue weighted by Gasteiger charge is 2.14. The molecule has 0 aromatic carbocycles. The summed E-state index contributed by atoms with van der Waals surface area (Å²) in [7, 11) is 0. The van der Waals surface area contributed by atoms with Crippen LogP contribution in [0.15, 0.2) is 24.8 Å². The third-order valence-corrected chi connectivity index (χ3v) is 4.48. The zero-order chi connectivity index (χ0) is 15.5. The average Bonchev–Trinajstić information content (AvgIpc) is 3.11. The molecule has 0 spiro atoms. The molecule has 7 heteroatoms. The highest BCUT2D eigenvalue weighted by Crippen LogP contribution is 2.19. The third kappa shape index (κ3) is 2.99. The zero-order valence-electron chi connectivity index (χ0n) is 12.5. The normalized spacial score (nSPS) is 11.0. The molecule has 0 saturated heterocycles. The SMILES string of the molecule is CCCc1nc(C)c(C(=O)NCc2cnc3nccn3c2)s1. The van der Waals surface area contributed by atoms with Crippen LogP contribution in [0.1, 0.15) is 39.3 Å². The molecular weight excluding hydrogens is 298 g/mol. The Morgan fingerprint density at radius 1 is 1.41 bits per heavy atom. The average molecular weight is 315 g/mol. The number of hydrogen-bond acceptors (Lipinski definition) is 5. The second-order valence-corrected chi connectivity index (χ2v) is 6.14. The van der Waals surface area contributed by atoms with Gasteiger partial charge in [0.15, 0.2) is 0 Å². The lowest BCUT2D eigenvalue weighted by Gasteiger charge is -2.04. The molecule has 0 atom stereocenters. The number of nitrogens with zero attached hydrogens (tertiary/aromatic N) is 4. The van der Waals surface area contributed by atoms with Crippen molar-refractivity contribution < 1.29 is 4.79 Å². The minimum atomic E-state index is -0.0805. The van der Waals surface area contributed by atoms with Gasteiger partial charge in [0, 0.05) is 36.9 Å². The van der Waals surface area contributed by atoms with Gasteiger partial charge in [-0.1, -0.05) is 6.92 Å². The molecule has 114 valence electrons. The van der Waals surface area contributed by atoms with Crippen molar-refractivity contribution in [2.24, 2.45) is 0 Å². The molecule has 3 aromatic rings. The molecule has 3 aromatic heterocycles. The van der Waals surface area contributed by atoms with E-state index in [1.54, 1.807) is 12.4 Å². The van der Waals surface area contributed by atoms with Gasteiger partial charge < -0.3 is 5.32 Å². The topological polar surface area (TPSA) is 72.2 Å². The van der Waals surface area contributed by atoms with E-state index in [9.17, 15) is 4.79 Å². The van der Waals surface area contributed by atoms with E-state index in [0.717, 1.165) is 29.1 Å². The van der Waals surface area contributed by atoms with Gasteiger partial charge in [0.1, 0.15) is 4.88 Å². The summed E-state index contributed by atoms with van der Waals surface area (Å²) >= 11 is 1.48. The van der Waals surface area contributed by atoms with Crippen molar-refractivity contribution in [2.75, 3.05) is 0 Å². The molecule has 22 heavy (non-hydrogen) atoms. The van der Waals surface area contributed by atoms with Crippen LogP contribution in [-0.2, 0) is 13.0 Å². The Labute approximate surface area is 132 Å². The number of carbonyl (C=O) groups excluding carboxylic acids is 1. The maximum absolute atomic E-state index is 12.3. The molecular formula is C15H17N5OS. The third-order valence-electron chi connectivity index (χ3n) is 3.26. The summed E-state index contributed by atoms with van der Waals surface area (Å²) in [6.07, 6.45) is 9.12. The molecule has 0 unspecified atom stereocenters. The van der Waals surface area contributed by atoms with Crippen molar-refractivity contribution in [3.63, 3.8) is 0 Å². The second kappa shape index (κ2) is 6.23. The van der Waals surface area contributed by atoms with Gasteiger partial charge in [0.25, 0.3) is 5.91 Å². The number of rotatable bonds is 5. The van der Waals surface area contributed by atoms with Crippen LogP contribution >= 0.6 is 11.3 Å². The first-order valence-corrected chi connectivity index (χ1v) is 8.01. The fraction of sp³-hybridized carbons (Fsp3) is 0.333. The number of nitrogens with one attached hydrogen (secondary N) is 1. The van der Waals surface area contributed by atoms with Gasteiger partial charge in [-0.05, 0) is 19.8 Å². The summed E-state index contributed by atoms with van der Waals surface area (Å²) in [5, 5.41) is 3.95. The zero-order valence-corrected chi connectivity index (χ0v) is 13.4. The fourth-order valence-corrected chi connectivity index (χ4v) is 3.28. The molecule has 0 fully saturated rings. The Bertz CT molecular complexity index is 807. The van der Waals surface area contributed by atoms with Crippen molar-refractivity contribution in [3.05, 3.63) is 45.9 Å². The van der Waals surface area contributed by atoms with Crippen molar-refractivity contribution >= 4 is 23.0 Å². The minimum Gasteiger partial charge on any atom is -0.347 e. The summed E-state index contributed by atoms with van der Waals surface area (Å²) in [5.41, 5.74) is 1.73. The molecule has 1 N–H and O–H groups in total. The van der Waals surface area contributed by atoms with Crippen LogP contribution in [0.2, 0.25) is 0 Å². The number of amides is 1. The van der Waals surface area contributed by atoms with Gasteiger partial charge in [0.05, 0.1) is 10.7 Å². The van der Waals surface area contributed by atoms with E-state index in [4.69, 9.17) is 0 Å². The Kier molecular flexibility index (Phi) is 4.15. The van der Waals surface area contributed by atoms with Crippen molar-refractivity contribution in [2.45, 2.75) is 33.2 Å². The van der Waals surface area contributed by atoms with Gasteiger partial charge >= 0.3 is 0 Å². The van der Waals surface area contributed by atoms with Crippen LogP contribution < -0.4 is 5.32 Å². The lowest BCUT2D eigenvalue weighted by atomic mass is 10.3. The first kappa shape index (κ1) is 14.6. The van der Waals surface area contributed by atoms with E-state index in [2.05, 4.69) is 27.2 Å². The Hall–Kier alpha value is -2.28. The van der Waals surface area contributed by atoms with E-state index in [1.165, 1.54) is 11.3 Å². The van der Waals surface area contributed by atoms with Gasteiger partial charge in [-0.2, -0.15) is 0 Å². The molecule has 3 heterocycles. The van der Waals surface area contributed by atoms with Crippen LogP contribution in [0.5, 0.6) is 0 Å². The van der Waals surface area contributed by atoms with Crippen LogP contribution in [-0.4, -0.2) is 25.3 Å². The molecule has 0 bridgehead atoms. The summed E-state index contributed by atoms with van der Waals surface area (Å²) in [4.78, 5) is 25.7. The van der Waals surface area contributed by atoms with Crippen LogP contribution in [0, 0.1) is 6.92 Å². The molecule has 0 radical (unpaired) electrons. The first-order valence-electron chi connectivity index (χ1n) is 7.19. The lowest BCUT2D eigenvalue weighted by molar-refractivity contribution is 0.0954. The highest BCUT2D eigenvalue weighted by molar-refractivity contribution is 7.13. The number of aromatic nitrogens is 4. The van der Waals surface area contributed by atoms with E-state index >= 15 is 0 Å². The maximum Gasteiger partial charge on any atom is 0.263 e. The maximum atomic E-state index is 12.3. The van der Waals surface area contributed by atoms with Crippen LogP contribution in [0.3, 0.4) is 0 Å². The van der Waals surface area contributed by atoms with Crippen molar-refractivity contribution in [3.8, 4) is 0 Å². The molecule has 6 nitrogen and oxygen atoms in total. The molecule has 1 amide bonds. The van der Waals surface area contributed by atoms with Crippen LogP contribution in [0.25, 0.3) is 5.78 Å². The molecule has 3 rings (SSSR count). The predicted octanol–water partition coefficient (Wildman–Crippen LogP) is 2.38. The van der Waals surface area contributed by atoms with Gasteiger partial charge in [-0.25, -0.2) is 15.0 Å². The van der Waals surface area contributed by atoms with Gasteiger partial charge in [-0.3, -0.25) is 9.20 Å². The number of hydrogen-bond donors (Lipinski definition) is 1. The number of carbonyl (C=O) groups is 1. The summed E-state index contributed by atoms with van der Waals surface area (Å²) in [6, 6.07) is 0. The molecule has 0 saturated carbocycles. The second-order valence-electron chi connectivity index (χ2n) is 5.05. The van der Waals surface area contributed by atoms with E-state index < -0.39 is 0 Å². The molecule has 0 aliphatic heterocycles.